The van der Waals surface area contributed by atoms with Crippen LogP contribution < -0.4 is 5.73 Å². The molecule has 0 saturated heterocycles. The van der Waals surface area contributed by atoms with Crippen LogP contribution in [0.5, 0.6) is 0 Å². The molecule has 6 heteroatoms. The van der Waals surface area contributed by atoms with E-state index >= 15 is 0 Å². The number of rotatable bonds is 1. The van der Waals surface area contributed by atoms with Crippen molar-refractivity contribution >= 4 is 33.4 Å². The maximum Gasteiger partial charge on any atom is 0.270 e. The Morgan fingerprint density at radius 1 is 1.73 bits per heavy atom. The maximum absolute atomic E-state index is 10.6. The molecule has 0 unspecified atom stereocenters. The monoisotopic (exact) mass is 235 g/mol. The molecule has 58 valence electrons. The Hall–Kier alpha value is -0.680. The van der Waals surface area contributed by atoms with Gasteiger partial charge in [-0.05, 0) is 15.9 Å². The van der Waals surface area contributed by atoms with E-state index in [1.54, 1.807) is 0 Å². The summed E-state index contributed by atoms with van der Waals surface area (Å²) in [6.07, 6.45) is 1.38. The normalized spacial score (nSPS) is 9.64. The molecule has 11 heavy (non-hydrogen) atoms. The fraction of sp³-hybridized carbons (Fsp3) is 0. The van der Waals surface area contributed by atoms with Gasteiger partial charge in [0.25, 0.3) is 5.91 Å². The van der Waals surface area contributed by atoms with Crippen LogP contribution in [0.25, 0.3) is 0 Å². The van der Waals surface area contributed by atoms with Crippen LogP contribution in [0.3, 0.4) is 0 Å². The van der Waals surface area contributed by atoms with Crippen molar-refractivity contribution in [2.45, 2.75) is 0 Å². The lowest BCUT2D eigenvalue weighted by Crippen LogP contribution is -2.14. The molecule has 0 fully saturated rings. The Balaban J connectivity index is 3.23. The van der Waals surface area contributed by atoms with E-state index in [0.29, 0.717) is 4.60 Å². The van der Waals surface area contributed by atoms with Crippen LogP contribution in [0.2, 0.25) is 5.15 Å². The highest BCUT2D eigenvalue weighted by Gasteiger charge is 2.09. The largest absolute Gasteiger partial charge is 0.364 e. The molecule has 0 aliphatic carbocycles. The second-order valence-corrected chi connectivity index (χ2v) is 2.87. The lowest BCUT2D eigenvalue weighted by Gasteiger charge is -1.96. The highest BCUT2D eigenvalue weighted by atomic mass is 79.9. The molecule has 0 atom stereocenters. The molecule has 4 nitrogen and oxygen atoms in total. The standard InChI is InChI=1S/C5H3BrClN3O/c6-2-1-9-4(7)3(10-2)5(8)11/h1H,(H2,8,11). The molecule has 0 saturated carbocycles. The summed E-state index contributed by atoms with van der Waals surface area (Å²) in [5.74, 6) is -0.691. The molecular weight excluding hydrogens is 233 g/mol. The average molecular weight is 236 g/mol. The van der Waals surface area contributed by atoms with Crippen molar-refractivity contribution in [3.05, 3.63) is 21.6 Å². The number of hydrogen-bond acceptors (Lipinski definition) is 3. The number of hydrogen-bond donors (Lipinski definition) is 1. The number of aromatic nitrogens is 2. The van der Waals surface area contributed by atoms with Crippen LogP contribution in [-0.4, -0.2) is 15.9 Å². The van der Waals surface area contributed by atoms with Gasteiger partial charge in [-0.1, -0.05) is 11.6 Å². The van der Waals surface area contributed by atoms with Crippen molar-refractivity contribution < 1.29 is 4.79 Å². The molecule has 1 aromatic heterocycles. The van der Waals surface area contributed by atoms with Gasteiger partial charge in [-0.15, -0.1) is 0 Å². The molecule has 1 amide bonds. The average Bonchev–Trinajstić information content (AvgIpc) is 1.94. The zero-order valence-electron chi connectivity index (χ0n) is 5.21. The molecule has 2 N–H and O–H groups in total. The van der Waals surface area contributed by atoms with Crippen LogP contribution in [0.15, 0.2) is 10.8 Å². The number of carbonyl (C=O) groups excluding carboxylic acids is 1. The van der Waals surface area contributed by atoms with E-state index < -0.39 is 5.91 Å². The van der Waals surface area contributed by atoms with E-state index in [1.165, 1.54) is 6.20 Å². The summed E-state index contributed by atoms with van der Waals surface area (Å²) in [6.45, 7) is 0. The third-order valence-electron chi connectivity index (χ3n) is 0.932. The summed E-state index contributed by atoms with van der Waals surface area (Å²) in [6, 6.07) is 0. The van der Waals surface area contributed by atoms with Gasteiger partial charge in [0.2, 0.25) is 0 Å². The minimum atomic E-state index is -0.691. The lowest BCUT2D eigenvalue weighted by molar-refractivity contribution is 0.0995. The van der Waals surface area contributed by atoms with E-state index in [-0.39, 0.29) is 10.8 Å². The van der Waals surface area contributed by atoms with Gasteiger partial charge in [-0.2, -0.15) is 0 Å². The van der Waals surface area contributed by atoms with Gasteiger partial charge < -0.3 is 5.73 Å². The maximum atomic E-state index is 10.6. The fourth-order valence-corrected chi connectivity index (χ4v) is 0.974. The van der Waals surface area contributed by atoms with Gasteiger partial charge in [0.1, 0.15) is 4.60 Å². The summed E-state index contributed by atoms with van der Waals surface area (Å²) in [4.78, 5) is 18.0. The molecule has 0 bridgehead atoms. The smallest absolute Gasteiger partial charge is 0.270 e. The molecule has 0 spiro atoms. The van der Waals surface area contributed by atoms with Crippen molar-refractivity contribution in [2.75, 3.05) is 0 Å². The van der Waals surface area contributed by atoms with Crippen LogP contribution in [0.4, 0.5) is 0 Å². The van der Waals surface area contributed by atoms with Gasteiger partial charge >= 0.3 is 0 Å². The summed E-state index contributed by atoms with van der Waals surface area (Å²) < 4.78 is 0.427. The second kappa shape index (κ2) is 3.15. The number of primary amides is 1. The first-order chi connectivity index (χ1) is 5.11. The van der Waals surface area contributed by atoms with E-state index in [0.717, 1.165) is 0 Å². The summed E-state index contributed by atoms with van der Waals surface area (Å²) >= 11 is 8.52. The Kier molecular flexibility index (Phi) is 2.41. The number of carbonyl (C=O) groups is 1. The number of nitrogens with zero attached hydrogens (tertiary/aromatic N) is 2. The van der Waals surface area contributed by atoms with Gasteiger partial charge in [0.15, 0.2) is 10.8 Å². The van der Waals surface area contributed by atoms with Crippen molar-refractivity contribution in [3.8, 4) is 0 Å². The Bertz CT molecular complexity index is 304. The first kappa shape index (κ1) is 8.42. The molecule has 0 aliphatic rings. The SMILES string of the molecule is NC(=O)c1nc(Br)cnc1Cl. The van der Waals surface area contributed by atoms with E-state index in [2.05, 4.69) is 25.9 Å². The van der Waals surface area contributed by atoms with Gasteiger partial charge in [0.05, 0.1) is 6.20 Å². The Morgan fingerprint density at radius 3 is 2.82 bits per heavy atom. The molecular formula is C5H3BrClN3O. The first-order valence-electron chi connectivity index (χ1n) is 2.59. The molecule has 0 aliphatic heterocycles. The molecule has 1 rings (SSSR count). The van der Waals surface area contributed by atoms with Crippen molar-refractivity contribution in [2.24, 2.45) is 5.73 Å². The highest BCUT2D eigenvalue weighted by Crippen LogP contribution is 2.12. The van der Waals surface area contributed by atoms with Crippen LogP contribution in [-0.2, 0) is 0 Å². The van der Waals surface area contributed by atoms with E-state index in [4.69, 9.17) is 17.3 Å². The van der Waals surface area contributed by atoms with Gasteiger partial charge in [-0.3, -0.25) is 4.79 Å². The zero-order chi connectivity index (χ0) is 8.43. The summed E-state index contributed by atoms with van der Waals surface area (Å²) in [5.41, 5.74) is 4.91. The summed E-state index contributed by atoms with van der Waals surface area (Å²) in [7, 11) is 0. The summed E-state index contributed by atoms with van der Waals surface area (Å²) in [5, 5.41) is 0.0145. The zero-order valence-corrected chi connectivity index (χ0v) is 7.56. The number of nitrogens with two attached hydrogens (primary N) is 1. The quantitative estimate of drug-likeness (QED) is 0.790. The number of amides is 1. The third kappa shape index (κ3) is 1.87. The topological polar surface area (TPSA) is 68.9 Å². The molecule has 1 aromatic rings. The van der Waals surface area contributed by atoms with E-state index in [9.17, 15) is 4.79 Å². The molecule has 0 aromatic carbocycles. The van der Waals surface area contributed by atoms with Crippen molar-refractivity contribution in [1.82, 2.24) is 9.97 Å². The van der Waals surface area contributed by atoms with Crippen LogP contribution in [0, 0.1) is 0 Å². The van der Waals surface area contributed by atoms with E-state index in [1.807, 2.05) is 0 Å². The fourth-order valence-electron chi connectivity index (χ4n) is 0.510. The van der Waals surface area contributed by atoms with Gasteiger partial charge in [-0.25, -0.2) is 9.97 Å². The third-order valence-corrected chi connectivity index (χ3v) is 1.59. The second-order valence-electron chi connectivity index (χ2n) is 1.70. The molecule has 1 heterocycles. The first-order valence-corrected chi connectivity index (χ1v) is 3.76. The predicted octanol–water partition coefficient (Wildman–Crippen LogP) is 0.991. The minimum absolute atomic E-state index is 0.0145. The van der Waals surface area contributed by atoms with Gasteiger partial charge in [0, 0.05) is 0 Å². The Morgan fingerprint density at radius 2 is 2.36 bits per heavy atom. The van der Waals surface area contributed by atoms with Crippen molar-refractivity contribution in [3.63, 3.8) is 0 Å². The lowest BCUT2D eigenvalue weighted by atomic mass is 10.4. The Labute approximate surface area is 75.9 Å². The van der Waals surface area contributed by atoms with Crippen molar-refractivity contribution in [1.29, 1.82) is 0 Å². The predicted molar refractivity (Wildman–Crippen MR) is 43.3 cm³/mol. The highest BCUT2D eigenvalue weighted by molar-refractivity contribution is 9.10. The number of halogens is 2. The minimum Gasteiger partial charge on any atom is -0.364 e. The molecule has 0 radical (unpaired) electrons. The van der Waals surface area contributed by atoms with Crippen LogP contribution >= 0.6 is 27.5 Å². The van der Waals surface area contributed by atoms with Crippen LogP contribution in [0.1, 0.15) is 10.5 Å².